The fourth-order valence-corrected chi connectivity index (χ4v) is 3.84. The highest BCUT2D eigenvalue weighted by Gasteiger charge is 2.47. The van der Waals surface area contributed by atoms with Gasteiger partial charge in [-0.25, -0.2) is 0 Å². The first-order valence-corrected chi connectivity index (χ1v) is 7.33. The molecule has 1 N–H and O–H groups in total. The zero-order chi connectivity index (χ0) is 14.3. The number of hydrogen-bond acceptors (Lipinski definition) is 2. The molecule has 2 atom stereocenters. The van der Waals surface area contributed by atoms with Crippen molar-refractivity contribution in [3.05, 3.63) is 42.0 Å². The fourth-order valence-electron chi connectivity index (χ4n) is 3.84. The molecule has 1 aromatic carbocycles. The lowest BCUT2D eigenvalue weighted by molar-refractivity contribution is 0.0237. The molecular weight excluding hydrogens is 250 g/mol. The van der Waals surface area contributed by atoms with Crippen molar-refractivity contribution in [2.45, 2.75) is 38.1 Å². The van der Waals surface area contributed by atoms with Crippen molar-refractivity contribution in [3.8, 4) is 0 Å². The van der Waals surface area contributed by atoms with Crippen LogP contribution in [-0.2, 0) is 0 Å². The van der Waals surface area contributed by atoms with Gasteiger partial charge in [0, 0.05) is 16.8 Å². The first kappa shape index (κ1) is 13.4. The normalized spacial score (nSPS) is 29.7. The van der Waals surface area contributed by atoms with Crippen LogP contribution in [0, 0.1) is 5.92 Å². The Hall–Kier alpha value is -1.61. The summed E-state index contributed by atoms with van der Waals surface area (Å²) in [6, 6.07) is 7.59. The van der Waals surface area contributed by atoms with E-state index in [1.165, 1.54) is 6.42 Å². The maximum Gasteiger partial charge on any atom is 0.259 e. The van der Waals surface area contributed by atoms with Gasteiger partial charge in [-0.1, -0.05) is 44.5 Å². The molecule has 2 unspecified atom stereocenters. The van der Waals surface area contributed by atoms with Crippen molar-refractivity contribution in [1.29, 1.82) is 0 Å². The van der Waals surface area contributed by atoms with Gasteiger partial charge in [-0.05, 0) is 24.8 Å². The van der Waals surface area contributed by atoms with E-state index in [4.69, 9.17) is 0 Å². The van der Waals surface area contributed by atoms with Gasteiger partial charge in [-0.15, -0.1) is 0 Å². The summed E-state index contributed by atoms with van der Waals surface area (Å²) in [5, 5.41) is 10.00. The summed E-state index contributed by atoms with van der Waals surface area (Å²) in [7, 11) is 0. The lowest BCUT2D eigenvalue weighted by atomic mass is 9.75. The van der Waals surface area contributed by atoms with Crippen LogP contribution in [0.1, 0.15) is 48.5 Å². The molecule has 1 amide bonds. The monoisotopic (exact) mass is 271 g/mol. The van der Waals surface area contributed by atoms with Crippen LogP contribution in [0.25, 0.3) is 5.70 Å². The van der Waals surface area contributed by atoms with Gasteiger partial charge in [0.2, 0.25) is 0 Å². The molecule has 3 nitrogen and oxygen atoms in total. The molecule has 3 heteroatoms. The number of rotatable bonds is 2. The maximum atomic E-state index is 12.7. The van der Waals surface area contributed by atoms with Crippen LogP contribution in [0.15, 0.2) is 30.8 Å². The van der Waals surface area contributed by atoms with Gasteiger partial charge in [-0.2, -0.15) is 0 Å². The summed E-state index contributed by atoms with van der Waals surface area (Å²) < 4.78 is 0. The predicted octanol–water partition coefficient (Wildman–Crippen LogP) is 3.05. The third-order valence-electron chi connectivity index (χ3n) is 4.78. The van der Waals surface area contributed by atoms with E-state index < -0.39 is 5.54 Å². The first-order valence-electron chi connectivity index (χ1n) is 7.33. The Morgan fingerprint density at radius 2 is 2.10 bits per heavy atom. The predicted molar refractivity (Wildman–Crippen MR) is 79.1 cm³/mol. The molecule has 20 heavy (non-hydrogen) atoms. The second-order valence-electron chi connectivity index (χ2n) is 6.22. The molecule has 0 aromatic heterocycles. The molecule has 0 radical (unpaired) electrons. The third kappa shape index (κ3) is 1.80. The Labute approximate surface area is 119 Å². The smallest absolute Gasteiger partial charge is 0.259 e. The molecule has 0 bridgehead atoms. The molecule has 1 aromatic rings. The van der Waals surface area contributed by atoms with Crippen molar-refractivity contribution >= 4 is 11.6 Å². The number of fused-ring (bicyclic) bond motifs is 1. The van der Waals surface area contributed by atoms with Crippen LogP contribution in [0.4, 0.5) is 0 Å². The van der Waals surface area contributed by atoms with Crippen LogP contribution >= 0.6 is 0 Å². The van der Waals surface area contributed by atoms with Crippen molar-refractivity contribution in [3.63, 3.8) is 0 Å². The van der Waals surface area contributed by atoms with Gasteiger partial charge in [0.15, 0.2) is 0 Å². The molecule has 3 rings (SSSR count). The highest BCUT2D eigenvalue weighted by molar-refractivity contribution is 6.09. The second kappa shape index (κ2) is 4.74. The number of hydrogen-bond donors (Lipinski definition) is 1. The molecule has 106 valence electrons. The maximum absolute atomic E-state index is 12.7. The van der Waals surface area contributed by atoms with Crippen molar-refractivity contribution < 1.29 is 9.90 Å². The Morgan fingerprint density at radius 3 is 2.70 bits per heavy atom. The average molecular weight is 271 g/mol. The molecule has 0 saturated heterocycles. The number of aliphatic hydroxyl groups excluding tert-OH is 1. The van der Waals surface area contributed by atoms with E-state index in [0.717, 1.165) is 30.5 Å². The standard InChI is InChI=1S/C17H21NO2/c1-12-6-5-9-17(10-12,11-19)18-13(2)14-7-3-4-8-15(14)16(18)20/h3-4,7-8,12,19H,2,5-6,9-11H2,1H3. The van der Waals surface area contributed by atoms with Gasteiger partial charge in [0.05, 0.1) is 12.1 Å². The SMILES string of the molecule is C=C1c2ccccc2C(=O)N1C1(CO)CCCC(C)C1. The number of amides is 1. The van der Waals surface area contributed by atoms with Crippen LogP contribution in [-0.4, -0.2) is 28.1 Å². The number of aliphatic hydroxyl groups is 1. The number of benzene rings is 1. The highest BCUT2D eigenvalue weighted by atomic mass is 16.3. The van der Waals surface area contributed by atoms with Gasteiger partial charge >= 0.3 is 0 Å². The van der Waals surface area contributed by atoms with Crippen molar-refractivity contribution in [2.75, 3.05) is 6.61 Å². The molecule has 2 aliphatic rings. The highest BCUT2D eigenvalue weighted by Crippen LogP contribution is 2.44. The van der Waals surface area contributed by atoms with Gasteiger partial charge in [0.1, 0.15) is 0 Å². The largest absolute Gasteiger partial charge is 0.394 e. The van der Waals surface area contributed by atoms with Crippen molar-refractivity contribution in [1.82, 2.24) is 4.90 Å². The summed E-state index contributed by atoms with van der Waals surface area (Å²) in [5.41, 5.74) is 1.89. The number of nitrogens with zero attached hydrogens (tertiary/aromatic N) is 1. The fraction of sp³-hybridized carbons (Fsp3) is 0.471. The quantitative estimate of drug-likeness (QED) is 0.898. The van der Waals surface area contributed by atoms with Gasteiger partial charge in [0.25, 0.3) is 5.91 Å². The summed E-state index contributed by atoms with van der Waals surface area (Å²) >= 11 is 0. The second-order valence-corrected chi connectivity index (χ2v) is 6.22. The van der Waals surface area contributed by atoms with E-state index in [9.17, 15) is 9.90 Å². The van der Waals surface area contributed by atoms with Crippen molar-refractivity contribution in [2.24, 2.45) is 5.92 Å². The zero-order valence-corrected chi connectivity index (χ0v) is 11.9. The molecule has 1 fully saturated rings. The Morgan fingerprint density at radius 1 is 1.40 bits per heavy atom. The molecule has 1 saturated carbocycles. The van der Waals surface area contributed by atoms with E-state index in [1.54, 1.807) is 4.90 Å². The average Bonchev–Trinajstić information content (AvgIpc) is 2.72. The Kier molecular flexibility index (Phi) is 3.17. The zero-order valence-electron chi connectivity index (χ0n) is 11.9. The summed E-state index contributed by atoms with van der Waals surface area (Å²) in [5.74, 6) is 0.522. The third-order valence-corrected chi connectivity index (χ3v) is 4.78. The van der Waals surface area contributed by atoms with Crippen LogP contribution < -0.4 is 0 Å². The van der Waals surface area contributed by atoms with E-state index in [2.05, 4.69) is 13.5 Å². The molecule has 1 aliphatic heterocycles. The molecular formula is C17H21NO2. The topological polar surface area (TPSA) is 40.5 Å². The first-order chi connectivity index (χ1) is 9.59. The lowest BCUT2D eigenvalue weighted by Crippen LogP contribution is -2.53. The molecule has 1 aliphatic carbocycles. The number of carbonyl (C=O) groups excluding carboxylic acids is 1. The van der Waals surface area contributed by atoms with Gasteiger partial charge < -0.3 is 5.11 Å². The van der Waals surface area contributed by atoms with E-state index in [1.807, 2.05) is 24.3 Å². The number of carbonyl (C=O) groups is 1. The van der Waals surface area contributed by atoms with Crippen LogP contribution in [0.2, 0.25) is 0 Å². The summed E-state index contributed by atoms with van der Waals surface area (Å²) in [6.45, 7) is 6.32. The Balaban J connectivity index is 2.02. The Bertz CT molecular complexity index is 531. The van der Waals surface area contributed by atoms with E-state index >= 15 is 0 Å². The van der Waals surface area contributed by atoms with E-state index in [0.29, 0.717) is 11.5 Å². The minimum absolute atomic E-state index is 0.00579. The molecule has 1 heterocycles. The van der Waals surface area contributed by atoms with Crippen LogP contribution in [0.5, 0.6) is 0 Å². The summed E-state index contributed by atoms with van der Waals surface area (Å²) in [4.78, 5) is 14.5. The lowest BCUT2D eigenvalue weighted by Gasteiger charge is -2.45. The minimum Gasteiger partial charge on any atom is -0.394 e. The van der Waals surface area contributed by atoms with E-state index in [-0.39, 0.29) is 12.5 Å². The minimum atomic E-state index is -0.467. The van der Waals surface area contributed by atoms with Crippen LogP contribution in [0.3, 0.4) is 0 Å². The summed E-state index contributed by atoms with van der Waals surface area (Å²) in [6.07, 6.45) is 3.92. The van der Waals surface area contributed by atoms with Gasteiger partial charge in [-0.3, -0.25) is 9.69 Å². The molecule has 0 spiro atoms.